The zero-order valence-corrected chi connectivity index (χ0v) is 13.3. The lowest BCUT2D eigenvalue weighted by atomic mass is 9.84. The van der Waals surface area contributed by atoms with Gasteiger partial charge in [-0.05, 0) is 19.8 Å². The summed E-state index contributed by atoms with van der Waals surface area (Å²) in [5.41, 5.74) is 0.150. The van der Waals surface area contributed by atoms with Gasteiger partial charge in [0.2, 0.25) is 5.91 Å². The molecule has 0 bridgehead atoms. The van der Waals surface area contributed by atoms with Crippen molar-refractivity contribution in [3.63, 3.8) is 0 Å². The molecule has 0 aromatic heterocycles. The van der Waals surface area contributed by atoms with E-state index in [1.165, 1.54) is 64.2 Å². The Kier molecular flexibility index (Phi) is 7.48. The van der Waals surface area contributed by atoms with Crippen LogP contribution in [0.25, 0.3) is 0 Å². The Morgan fingerprint density at radius 1 is 0.947 bits per heavy atom. The molecule has 0 N–H and O–H groups in total. The molecule has 1 rings (SSSR count). The zero-order valence-electron chi connectivity index (χ0n) is 13.3. The summed E-state index contributed by atoms with van der Waals surface area (Å²) in [5.74, 6) is 0.383. The first-order valence-corrected chi connectivity index (χ1v) is 8.44. The Labute approximate surface area is 119 Å². The maximum Gasteiger partial charge on any atom is 0.224 e. The normalized spacial score (nSPS) is 15.7. The molecular weight excluding hydrogens is 234 g/mol. The molecule has 112 valence electrons. The molecule has 1 saturated heterocycles. The van der Waals surface area contributed by atoms with Crippen LogP contribution in [0.15, 0.2) is 0 Å². The van der Waals surface area contributed by atoms with Crippen LogP contribution in [-0.4, -0.2) is 22.9 Å². The van der Waals surface area contributed by atoms with Crippen LogP contribution < -0.4 is 0 Å². The number of likely N-dealkylation sites (tertiary alicyclic amines) is 1. The van der Waals surface area contributed by atoms with Crippen molar-refractivity contribution in [2.24, 2.45) is 0 Å². The Morgan fingerprint density at radius 2 is 1.47 bits per heavy atom. The molecule has 0 spiro atoms. The molecule has 0 atom stereocenters. The van der Waals surface area contributed by atoms with Gasteiger partial charge in [0.05, 0.1) is 0 Å². The van der Waals surface area contributed by atoms with Crippen molar-refractivity contribution in [3.05, 3.63) is 0 Å². The number of rotatable bonds is 11. The van der Waals surface area contributed by atoms with Crippen molar-refractivity contribution >= 4 is 5.91 Å². The largest absolute Gasteiger partial charge is 0.337 e. The molecule has 19 heavy (non-hydrogen) atoms. The van der Waals surface area contributed by atoms with Gasteiger partial charge in [-0.3, -0.25) is 4.79 Å². The minimum atomic E-state index is 0.150. The van der Waals surface area contributed by atoms with Crippen LogP contribution in [0.3, 0.4) is 0 Å². The Balaban J connectivity index is 2.39. The third-order valence-corrected chi connectivity index (χ3v) is 4.64. The van der Waals surface area contributed by atoms with E-state index in [1.807, 2.05) is 0 Å². The van der Waals surface area contributed by atoms with Gasteiger partial charge >= 0.3 is 0 Å². The molecule has 1 heterocycles. The van der Waals surface area contributed by atoms with Crippen LogP contribution in [0.1, 0.15) is 91.4 Å². The van der Waals surface area contributed by atoms with Gasteiger partial charge < -0.3 is 4.90 Å². The lowest BCUT2D eigenvalue weighted by Crippen LogP contribution is -2.57. The maximum absolute atomic E-state index is 11.8. The topological polar surface area (TPSA) is 20.3 Å². The van der Waals surface area contributed by atoms with Crippen molar-refractivity contribution in [2.45, 2.75) is 96.9 Å². The zero-order chi connectivity index (χ0) is 14.1. The average molecular weight is 267 g/mol. The first-order valence-electron chi connectivity index (χ1n) is 8.44. The molecule has 1 aliphatic heterocycles. The van der Waals surface area contributed by atoms with E-state index in [0.717, 1.165) is 13.0 Å². The lowest BCUT2D eigenvalue weighted by Gasteiger charge is -2.47. The number of carbonyl (C=O) groups excluding carboxylic acids is 1. The summed E-state index contributed by atoms with van der Waals surface area (Å²) in [6.07, 6.45) is 13.6. The fourth-order valence-electron chi connectivity index (χ4n) is 3.15. The standard InChI is InChI=1S/C17H33NO/c1-4-6-8-10-13-17(3,14-11-9-7-5-2)18-15-12-16(18)19/h4-15H2,1-3H3. The van der Waals surface area contributed by atoms with E-state index in [2.05, 4.69) is 25.7 Å². The van der Waals surface area contributed by atoms with Gasteiger partial charge in [-0.1, -0.05) is 65.2 Å². The number of unbranched alkanes of at least 4 members (excludes halogenated alkanes) is 6. The van der Waals surface area contributed by atoms with Crippen molar-refractivity contribution in [3.8, 4) is 0 Å². The second kappa shape index (κ2) is 8.60. The highest BCUT2D eigenvalue weighted by atomic mass is 16.2. The van der Waals surface area contributed by atoms with Gasteiger partial charge in [0.1, 0.15) is 0 Å². The summed E-state index contributed by atoms with van der Waals surface area (Å²) in [6, 6.07) is 0. The fourth-order valence-corrected chi connectivity index (χ4v) is 3.15. The van der Waals surface area contributed by atoms with Crippen molar-refractivity contribution < 1.29 is 4.79 Å². The summed E-state index contributed by atoms with van der Waals surface area (Å²) < 4.78 is 0. The van der Waals surface area contributed by atoms with E-state index in [1.54, 1.807) is 0 Å². The van der Waals surface area contributed by atoms with Gasteiger partial charge in [0.25, 0.3) is 0 Å². The second-order valence-electron chi connectivity index (χ2n) is 6.41. The first-order chi connectivity index (χ1) is 9.14. The summed E-state index contributed by atoms with van der Waals surface area (Å²) in [6.45, 7) is 7.82. The molecule has 0 radical (unpaired) electrons. The Bertz CT molecular complexity index is 250. The number of hydrogen-bond acceptors (Lipinski definition) is 1. The van der Waals surface area contributed by atoms with Crippen molar-refractivity contribution in [1.29, 1.82) is 0 Å². The average Bonchev–Trinajstić information content (AvgIpc) is 2.38. The van der Waals surface area contributed by atoms with Crippen LogP contribution in [-0.2, 0) is 4.79 Å². The van der Waals surface area contributed by atoms with Gasteiger partial charge in [-0.2, -0.15) is 0 Å². The highest BCUT2D eigenvalue weighted by Crippen LogP contribution is 2.33. The molecule has 2 nitrogen and oxygen atoms in total. The number of β-lactam (4-membered cyclic amide) rings is 1. The summed E-state index contributed by atoms with van der Waals surface area (Å²) >= 11 is 0. The molecule has 1 aliphatic rings. The van der Waals surface area contributed by atoms with Crippen LogP contribution in [0.5, 0.6) is 0 Å². The third-order valence-electron chi connectivity index (χ3n) is 4.64. The Morgan fingerprint density at radius 3 is 1.79 bits per heavy atom. The van der Waals surface area contributed by atoms with Crippen LogP contribution >= 0.6 is 0 Å². The van der Waals surface area contributed by atoms with Crippen molar-refractivity contribution in [1.82, 2.24) is 4.90 Å². The smallest absolute Gasteiger partial charge is 0.224 e. The molecule has 1 fully saturated rings. The fraction of sp³-hybridized carbons (Fsp3) is 0.941. The lowest BCUT2D eigenvalue weighted by molar-refractivity contribution is -0.149. The number of carbonyl (C=O) groups is 1. The van der Waals surface area contributed by atoms with Gasteiger partial charge in [0, 0.05) is 18.5 Å². The number of hydrogen-bond donors (Lipinski definition) is 0. The third kappa shape index (κ3) is 5.16. The predicted molar refractivity (Wildman–Crippen MR) is 82.3 cm³/mol. The van der Waals surface area contributed by atoms with Crippen LogP contribution in [0.4, 0.5) is 0 Å². The Hall–Kier alpha value is -0.530. The van der Waals surface area contributed by atoms with E-state index in [-0.39, 0.29) is 5.54 Å². The maximum atomic E-state index is 11.8. The van der Waals surface area contributed by atoms with E-state index < -0.39 is 0 Å². The molecule has 0 aromatic carbocycles. The van der Waals surface area contributed by atoms with E-state index in [9.17, 15) is 4.79 Å². The van der Waals surface area contributed by atoms with Gasteiger partial charge in [-0.15, -0.1) is 0 Å². The van der Waals surface area contributed by atoms with E-state index >= 15 is 0 Å². The number of nitrogens with zero attached hydrogens (tertiary/aromatic N) is 1. The quantitative estimate of drug-likeness (QED) is 0.384. The molecule has 0 aromatic rings. The predicted octanol–water partition coefficient (Wildman–Crippen LogP) is 4.92. The molecule has 0 saturated carbocycles. The summed E-state index contributed by atoms with van der Waals surface area (Å²) in [7, 11) is 0. The van der Waals surface area contributed by atoms with Gasteiger partial charge in [-0.25, -0.2) is 0 Å². The minimum absolute atomic E-state index is 0.150. The monoisotopic (exact) mass is 267 g/mol. The molecule has 0 unspecified atom stereocenters. The highest BCUT2D eigenvalue weighted by molar-refractivity contribution is 5.82. The molecule has 2 heteroatoms. The molecule has 1 amide bonds. The first kappa shape index (κ1) is 16.5. The second-order valence-corrected chi connectivity index (χ2v) is 6.41. The van der Waals surface area contributed by atoms with E-state index in [0.29, 0.717) is 5.91 Å². The van der Waals surface area contributed by atoms with Gasteiger partial charge in [0.15, 0.2) is 0 Å². The van der Waals surface area contributed by atoms with E-state index in [4.69, 9.17) is 0 Å². The summed E-state index contributed by atoms with van der Waals surface area (Å²) in [5, 5.41) is 0. The SMILES string of the molecule is CCCCCCC(C)(CCCCCC)N1CCC1=O. The minimum Gasteiger partial charge on any atom is -0.337 e. The van der Waals surface area contributed by atoms with Crippen molar-refractivity contribution in [2.75, 3.05) is 6.54 Å². The van der Waals surface area contributed by atoms with Crippen LogP contribution in [0, 0.1) is 0 Å². The summed E-state index contributed by atoms with van der Waals surface area (Å²) in [4.78, 5) is 13.9. The van der Waals surface area contributed by atoms with Crippen LogP contribution in [0.2, 0.25) is 0 Å². The molecular formula is C17H33NO. The highest BCUT2D eigenvalue weighted by Gasteiger charge is 2.39. The number of amides is 1. The molecule has 0 aliphatic carbocycles.